The Morgan fingerprint density at radius 1 is 1.31 bits per heavy atom. The van der Waals surface area contributed by atoms with Crippen LogP contribution >= 0.6 is 15.9 Å². The number of aromatic nitrogens is 2. The van der Waals surface area contributed by atoms with Crippen LogP contribution in [0.2, 0.25) is 0 Å². The lowest BCUT2D eigenvalue weighted by molar-refractivity contribution is 0.773. The standard InChI is InChI=1S/C12H14BrN3/c1-14-7-10-8-15-16(2)12(10)9-3-5-11(13)6-4-9/h3-6,8,14H,7H2,1-2H3. The summed E-state index contributed by atoms with van der Waals surface area (Å²) in [4.78, 5) is 0. The molecule has 0 atom stereocenters. The average Bonchev–Trinajstić information content (AvgIpc) is 2.62. The van der Waals surface area contributed by atoms with E-state index < -0.39 is 0 Å². The first kappa shape index (κ1) is 11.4. The van der Waals surface area contributed by atoms with Crippen molar-refractivity contribution >= 4 is 15.9 Å². The summed E-state index contributed by atoms with van der Waals surface area (Å²) in [5.41, 5.74) is 3.57. The Balaban J connectivity index is 2.45. The molecule has 3 nitrogen and oxygen atoms in total. The van der Waals surface area contributed by atoms with E-state index in [9.17, 15) is 0 Å². The van der Waals surface area contributed by atoms with Crippen LogP contribution in [0.15, 0.2) is 34.9 Å². The molecule has 0 aliphatic rings. The average molecular weight is 280 g/mol. The van der Waals surface area contributed by atoms with Gasteiger partial charge in [0.15, 0.2) is 0 Å². The van der Waals surface area contributed by atoms with E-state index in [1.165, 1.54) is 16.8 Å². The number of benzene rings is 1. The van der Waals surface area contributed by atoms with Gasteiger partial charge < -0.3 is 5.32 Å². The number of hydrogen-bond acceptors (Lipinski definition) is 2. The Kier molecular flexibility index (Phi) is 3.41. The number of nitrogens with one attached hydrogen (secondary N) is 1. The highest BCUT2D eigenvalue weighted by Crippen LogP contribution is 2.24. The van der Waals surface area contributed by atoms with Gasteiger partial charge >= 0.3 is 0 Å². The molecule has 84 valence electrons. The second kappa shape index (κ2) is 4.80. The molecule has 0 bridgehead atoms. The zero-order valence-electron chi connectivity index (χ0n) is 9.37. The van der Waals surface area contributed by atoms with Crippen LogP contribution in [-0.4, -0.2) is 16.8 Å². The molecule has 0 saturated heterocycles. The molecule has 2 aromatic rings. The Labute approximate surface area is 104 Å². The zero-order valence-corrected chi connectivity index (χ0v) is 11.0. The molecule has 0 unspecified atom stereocenters. The fourth-order valence-corrected chi connectivity index (χ4v) is 2.05. The molecule has 0 saturated carbocycles. The lowest BCUT2D eigenvalue weighted by atomic mass is 10.1. The molecule has 4 heteroatoms. The van der Waals surface area contributed by atoms with Crippen LogP contribution in [0.5, 0.6) is 0 Å². The van der Waals surface area contributed by atoms with E-state index in [0.717, 1.165) is 11.0 Å². The van der Waals surface area contributed by atoms with Crippen molar-refractivity contribution in [1.82, 2.24) is 15.1 Å². The molecule has 0 aliphatic carbocycles. The maximum atomic E-state index is 4.30. The second-order valence-electron chi connectivity index (χ2n) is 3.68. The van der Waals surface area contributed by atoms with E-state index >= 15 is 0 Å². The highest BCUT2D eigenvalue weighted by Gasteiger charge is 2.09. The fourth-order valence-electron chi connectivity index (χ4n) is 1.78. The molecule has 1 aromatic carbocycles. The molecule has 0 aliphatic heterocycles. The molecule has 1 N–H and O–H groups in total. The molecule has 0 amide bonds. The van der Waals surface area contributed by atoms with Crippen molar-refractivity contribution < 1.29 is 0 Å². The van der Waals surface area contributed by atoms with Gasteiger partial charge in [-0.25, -0.2) is 0 Å². The molecule has 0 spiro atoms. The third-order valence-electron chi connectivity index (χ3n) is 2.50. The SMILES string of the molecule is CNCc1cnn(C)c1-c1ccc(Br)cc1. The Morgan fingerprint density at radius 3 is 2.62 bits per heavy atom. The topological polar surface area (TPSA) is 29.9 Å². The summed E-state index contributed by atoms with van der Waals surface area (Å²) in [6.07, 6.45) is 1.91. The molecule has 1 aromatic heterocycles. The van der Waals surface area contributed by atoms with Gasteiger partial charge in [-0.1, -0.05) is 28.1 Å². The monoisotopic (exact) mass is 279 g/mol. The van der Waals surface area contributed by atoms with Gasteiger partial charge in [-0.05, 0) is 19.2 Å². The van der Waals surface area contributed by atoms with Crippen LogP contribution in [0.1, 0.15) is 5.56 Å². The third-order valence-corrected chi connectivity index (χ3v) is 3.03. The summed E-state index contributed by atoms with van der Waals surface area (Å²) in [6.45, 7) is 0.833. The number of rotatable bonds is 3. The maximum Gasteiger partial charge on any atom is 0.0723 e. The summed E-state index contributed by atoms with van der Waals surface area (Å²) in [5.74, 6) is 0. The van der Waals surface area contributed by atoms with Crippen molar-refractivity contribution in [3.05, 3.63) is 40.5 Å². The number of halogens is 1. The molecular formula is C12H14BrN3. The van der Waals surface area contributed by atoms with E-state index in [-0.39, 0.29) is 0 Å². The predicted molar refractivity (Wildman–Crippen MR) is 69.1 cm³/mol. The zero-order chi connectivity index (χ0) is 11.5. The second-order valence-corrected chi connectivity index (χ2v) is 4.59. The van der Waals surface area contributed by atoms with Crippen molar-refractivity contribution in [3.63, 3.8) is 0 Å². The van der Waals surface area contributed by atoms with Crippen molar-refractivity contribution in [2.24, 2.45) is 7.05 Å². The Hall–Kier alpha value is -1.13. The van der Waals surface area contributed by atoms with E-state index in [2.05, 4.69) is 38.5 Å². The summed E-state index contributed by atoms with van der Waals surface area (Å²) in [7, 11) is 3.91. The van der Waals surface area contributed by atoms with Crippen molar-refractivity contribution in [2.45, 2.75) is 6.54 Å². The van der Waals surface area contributed by atoms with Gasteiger partial charge in [0.25, 0.3) is 0 Å². The van der Waals surface area contributed by atoms with E-state index in [1.807, 2.05) is 37.1 Å². The van der Waals surface area contributed by atoms with Crippen LogP contribution in [0.25, 0.3) is 11.3 Å². The quantitative estimate of drug-likeness (QED) is 0.936. The summed E-state index contributed by atoms with van der Waals surface area (Å²) < 4.78 is 3.00. The minimum absolute atomic E-state index is 0.833. The summed E-state index contributed by atoms with van der Waals surface area (Å²) in [6, 6.07) is 8.29. The fraction of sp³-hybridized carbons (Fsp3) is 0.250. The van der Waals surface area contributed by atoms with E-state index in [4.69, 9.17) is 0 Å². The van der Waals surface area contributed by atoms with Crippen LogP contribution in [0.4, 0.5) is 0 Å². The van der Waals surface area contributed by atoms with Crippen LogP contribution < -0.4 is 5.32 Å². The van der Waals surface area contributed by atoms with Crippen molar-refractivity contribution in [1.29, 1.82) is 0 Å². The first-order valence-corrected chi connectivity index (χ1v) is 5.93. The van der Waals surface area contributed by atoms with Crippen molar-refractivity contribution in [3.8, 4) is 11.3 Å². The highest BCUT2D eigenvalue weighted by molar-refractivity contribution is 9.10. The minimum atomic E-state index is 0.833. The lowest BCUT2D eigenvalue weighted by Crippen LogP contribution is -2.06. The Bertz CT molecular complexity index is 474. The lowest BCUT2D eigenvalue weighted by Gasteiger charge is -2.06. The third kappa shape index (κ3) is 2.18. The van der Waals surface area contributed by atoms with E-state index in [1.54, 1.807) is 0 Å². The summed E-state index contributed by atoms with van der Waals surface area (Å²) in [5, 5.41) is 7.46. The first-order valence-electron chi connectivity index (χ1n) is 5.14. The molecule has 2 rings (SSSR count). The molecule has 0 fully saturated rings. The number of nitrogens with zero attached hydrogens (tertiary/aromatic N) is 2. The van der Waals surface area contributed by atoms with Gasteiger partial charge in [-0.15, -0.1) is 0 Å². The van der Waals surface area contributed by atoms with Crippen molar-refractivity contribution in [2.75, 3.05) is 7.05 Å². The maximum absolute atomic E-state index is 4.30. The molecular weight excluding hydrogens is 266 g/mol. The largest absolute Gasteiger partial charge is 0.316 e. The predicted octanol–water partition coefficient (Wildman–Crippen LogP) is 2.57. The molecule has 1 heterocycles. The van der Waals surface area contributed by atoms with Crippen LogP contribution in [-0.2, 0) is 13.6 Å². The Morgan fingerprint density at radius 2 is 2.00 bits per heavy atom. The van der Waals surface area contributed by atoms with Gasteiger partial charge in [0.05, 0.1) is 11.9 Å². The smallest absolute Gasteiger partial charge is 0.0723 e. The van der Waals surface area contributed by atoms with Crippen LogP contribution in [0.3, 0.4) is 0 Å². The normalized spacial score (nSPS) is 10.7. The molecule has 0 radical (unpaired) electrons. The minimum Gasteiger partial charge on any atom is -0.316 e. The number of aryl methyl sites for hydroxylation is 1. The highest BCUT2D eigenvalue weighted by atomic mass is 79.9. The van der Waals surface area contributed by atoms with Gasteiger partial charge in [0.1, 0.15) is 0 Å². The van der Waals surface area contributed by atoms with Gasteiger partial charge in [0, 0.05) is 29.2 Å². The summed E-state index contributed by atoms with van der Waals surface area (Å²) >= 11 is 3.44. The van der Waals surface area contributed by atoms with E-state index in [0.29, 0.717) is 0 Å². The number of hydrogen-bond donors (Lipinski definition) is 1. The first-order chi connectivity index (χ1) is 7.72. The van der Waals surface area contributed by atoms with Crippen LogP contribution in [0, 0.1) is 0 Å². The molecule has 16 heavy (non-hydrogen) atoms. The van der Waals surface area contributed by atoms with Gasteiger partial charge in [0.2, 0.25) is 0 Å². The van der Waals surface area contributed by atoms with Gasteiger partial charge in [-0.2, -0.15) is 5.10 Å². The van der Waals surface area contributed by atoms with Gasteiger partial charge in [-0.3, -0.25) is 4.68 Å².